The monoisotopic (exact) mass is 350 g/mol. The molecule has 3 rings (SSSR count). The molecule has 0 bridgehead atoms. The highest BCUT2D eigenvalue weighted by atomic mass is 79.9. The number of nitrogens with one attached hydrogen (secondary N) is 1. The summed E-state index contributed by atoms with van der Waals surface area (Å²) in [5.74, 6) is -0.644. The summed E-state index contributed by atoms with van der Waals surface area (Å²) in [7, 11) is 0. The molecule has 2 heterocycles. The fourth-order valence-electron chi connectivity index (χ4n) is 1.94. The van der Waals surface area contributed by atoms with Crippen LogP contribution in [0, 0.1) is 5.82 Å². The van der Waals surface area contributed by atoms with Gasteiger partial charge in [-0.2, -0.15) is 4.98 Å². The lowest BCUT2D eigenvalue weighted by Crippen LogP contribution is -2.12. The van der Waals surface area contributed by atoms with Gasteiger partial charge in [-0.25, -0.2) is 4.39 Å². The molecule has 0 radical (unpaired) electrons. The van der Waals surface area contributed by atoms with Crippen LogP contribution in [-0.2, 0) is 0 Å². The first-order chi connectivity index (χ1) is 10.1. The SMILES string of the molecule is O=c1[nH]c(-c2occc2Br)nc(O)c1-c1cccc(F)c1. The number of furan rings is 1. The van der Waals surface area contributed by atoms with Crippen molar-refractivity contribution in [1.82, 2.24) is 9.97 Å². The van der Waals surface area contributed by atoms with E-state index in [2.05, 4.69) is 25.9 Å². The maximum Gasteiger partial charge on any atom is 0.263 e. The third kappa shape index (κ3) is 2.47. The summed E-state index contributed by atoms with van der Waals surface area (Å²) in [6.45, 7) is 0. The van der Waals surface area contributed by atoms with Crippen LogP contribution in [0.25, 0.3) is 22.7 Å². The van der Waals surface area contributed by atoms with Gasteiger partial charge in [-0.05, 0) is 39.7 Å². The van der Waals surface area contributed by atoms with Gasteiger partial charge in [0.05, 0.1) is 10.7 Å². The van der Waals surface area contributed by atoms with Gasteiger partial charge in [0.15, 0.2) is 11.6 Å². The molecular weight excluding hydrogens is 343 g/mol. The van der Waals surface area contributed by atoms with Crippen molar-refractivity contribution in [2.24, 2.45) is 0 Å². The fourth-order valence-corrected chi connectivity index (χ4v) is 2.32. The van der Waals surface area contributed by atoms with Crippen molar-refractivity contribution in [3.8, 4) is 28.6 Å². The number of rotatable bonds is 2. The maximum absolute atomic E-state index is 13.2. The predicted molar refractivity (Wildman–Crippen MR) is 77.3 cm³/mol. The average Bonchev–Trinajstić information content (AvgIpc) is 2.84. The largest absolute Gasteiger partial charge is 0.493 e. The van der Waals surface area contributed by atoms with E-state index in [1.165, 1.54) is 24.5 Å². The highest BCUT2D eigenvalue weighted by Gasteiger charge is 2.17. The molecular formula is C14H8BrFN2O3. The van der Waals surface area contributed by atoms with E-state index in [4.69, 9.17) is 4.42 Å². The molecule has 0 atom stereocenters. The molecule has 1 aromatic carbocycles. The van der Waals surface area contributed by atoms with Crippen LogP contribution in [0.15, 0.2) is 50.3 Å². The topological polar surface area (TPSA) is 79.1 Å². The second kappa shape index (κ2) is 5.17. The minimum Gasteiger partial charge on any atom is -0.493 e. The lowest BCUT2D eigenvalue weighted by Gasteiger charge is -2.05. The van der Waals surface area contributed by atoms with Crippen LogP contribution in [-0.4, -0.2) is 15.1 Å². The Morgan fingerprint density at radius 2 is 2.14 bits per heavy atom. The molecule has 2 N–H and O–H groups in total. The molecule has 21 heavy (non-hydrogen) atoms. The van der Waals surface area contributed by atoms with Crippen molar-refractivity contribution >= 4 is 15.9 Å². The molecule has 3 aromatic rings. The van der Waals surface area contributed by atoms with Crippen molar-refractivity contribution in [3.05, 3.63) is 57.2 Å². The Hall–Kier alpha value is -2.41. The summed E-state index contributed by atoms with van der Waals surface area (Å²) in [6.07, 6.45) is 1.41. The Kier molecular flexibility index (Phi) is 3.34. The van der Waals surface area contributed by atoms with Crippen LogP contribution in [0.2, 0.25) is 0 Å². The molecule has 5 nitrogen and oxygen atoms in total. The lowest BCUT2D eigenvalue weighted by molar-refractivity contribution is 0.452. The molecule has 0 aliphatic carbocycles. The number of aromatic amines is 1. The Labute approximate surface area is 126 Å². The maximum atomic E-state index is 13.2. The zero-order chi connectivity index (χ0) is 15.0. The second-order valence-electron chi connectivity index (χ2n) is 4.22. The highest BCUT2D eigenvalue weighted by Crippen LogP contribution is 2.29. The molecule has 0 fully saturated rings. The standard InChI is InChI=1S/C14H8BrFN2O3/c15-9-4-5-21-11(9)12-17-13(19)10(14(20)18-12)7-2-1-3-8(16)6-7/h1-6H,(H2,17,18,19,20). The number of aromatic hydroxyl groups is 1. The number of halogens is 2. The van der Waals surface area contributed by atoms with Crippen molar-refractivity contribution in [1.29, 1.82) is 0 Å². The van der Waals surface area contributed by atoms with Gasteiger partial charge in [-0.3, -0.25) is 4.79 Å². The molecule has 0 amide bonds. The molecule has 0 aliphatic rings. The molecule has 0 saturated carbocycles. The van der Waals surface area contributed by atoms with Crippen molar-refractivity contribution in [3.63, 3.8) is 0 Å². The van der Waals surface area contributed by atoms with Crippen LogP contribution in [0.3, 0.4) is 0 Å². The summed E-state index contributed by atoms with van der Waals surface area (Å²) >= 11 is 3.24. The molecule has 0 aliphatic heterocycles. The summed E-state index contributed by atoms with van der Waals surface area (Å²) in [6, 6.07) is 6.98. The zero-order valence-corrected chi connectivity index (χ0v) is 12.0. The van der Waals surface area contributed by atoms with Gasteiger partial charge in [0.25, 0.3) is 5.56 Å². The third-order valence-electron chi connectivity index (χ3n) is 2.85. The Morgan fingerprint density at radius 3 is 2.76 bits per heavy atom. The van der Waals surface area contributed by atoms with Gasteiger partial charge in [0.1, 0.15) is 11.4 Å². The Balaban J connectivity index is 2.18. The van der Waals surface area contributed by atoms with Crippen molar-refractivity contribution in [2.75, 3.05) is 0 Å². The van der Waals surface area contributed by atoms with Gasteiger partial charge >= 0.3 is 0 Å². The van der Waals surface area contributed by atoms with E-state index in [1.54, 1.807) is 6.07 Å². The smallest absolute Gasteiger partial charge is 0.263 e. The molecule has 2 aromatic heterocycles. The minimum atomic E-state index is -0.591. The number of nitrogens with zero attached hydrogens (tertiary/aromatic N) is 1. The van der Waals surface area contributed by atoms with Crippen LogP contribution in [0.4, 0.5) is 4.39 Å². The first-order valence-corrected chi connectivity index (χ1v) is 6.68. The third-order valence-corrected chi connectivity index (χ3v) is 3.47. The van der Waals surface area contributed by atoms with E-state index in [9.17, 15) is 14.3 Å². The number of aromatic nitrogens is 2. The molecule has 0 spiro atoms. The lowest BCUT2D eigenvalue weighted by atomic mass is 10.1. The van der Waals surface area contributed by atoms with Crippen molar-refractivity contribution < 1.29 is 13.9 Å². The van der Waals surface area contributed by atoms with Crippen molar-refractivity contribution in [2.45, 2.75) is 0 Å². The molecule has 106 valence electrons. The van der Waals surface area contributed by atoms with Gasteiger partial charge in [-0.1, -0.05) is 12.1 Å². The quantitative estimate of drug-likeness (QED) is 0.743. The normalized spacial score (nSPS) is 10.8. The van der Waals surface area contributed by atoms with E-state index in [1.807, 2.05) is 0 Å². The van der Waals surface area contributed by atoms with Gasteiger partial charge in [0, 0.05) is 0 Å². The summed E-state index contributed by atoms with van der Waals surface area (Å²) < 4.78 is 19.0. The van der Waals surface area contributed by atoms with Crippen LogP contribution in [0.5, 0.6) is 5.88 Å². The van der Waals surface area contributed by atoms with E-state index in [0.717, 1.165) is 6.07 Å². The number of H-pyrrole nitrogens is 1. The summed E-state index contributed by atoms with van der Waals surface area (Å²) in [4.78, 5) is 18.5. The fraction of sp³-hybridized carbons (Fsp3) is 0. The average molecular weight is 351 g/mol. The van der Waals surface area contributed by atoms with E-state index in [0.29, 0.717) is 4.47 Å². The van der Waals surface area contributed by atoms with E-state index in [-0.39, 0.29) is 22.7 Å². The number of hydrogen-bond donors (Lipinski definition) is 2. The molecule has 0 unspecified atom stereocenters. The first-order valence-electron chi connectivity index (χ1n) is 5.89. The highest BCUT2D eigenvalue weighted by molar-refractivity contribution is 9.10. The van der Waals surface area contributed by atoms with E-state index >= 15 is 0 Å². The van der Waals surface area contributed by atoms with Crippen LogP contribution < -0.4 is 5.56 Å². The minimum absolute atomic E-state index is 0.0783. The number of benzene rings is 1. The van der Waals surface area contributed by atoms with Gasteiger partial charge < -0.3 is 14.5 Å². The zero-order valence-electron chi connectivity index (χ0n) is 10.4. The summed E-state index contributed by atoms with van der Waals surface area (Å²) in [5, 5.41) is 10.00. The predicted octanol–water partition coefficient (Wildman–Crippen LogP) is 3.30. The summed E-state index contributed by atoms with van der Waals surface area (Å²) in [5.41, 5.74) is -0.446. The first kappa shape index (κ1) is 13.6. The number of hydrogen-bond acceptors (Lipinski definition) is 4. The second-order valence-corrected chi connectivity index (χ2v) is 5.08. The van der Waals surface area contributed by atoms with E-state index < -0.39 is 17.3 Å². The Bertz CT molecular complexity index is 873. The molecule has 7 heteroatoms. The van der Waals surface area contributed by atoms with Crippen LogP contribution in [0.1, 0.15) is 0 Å². The van der Waals surface area contributed by atoms with Crippen LogP contribution >= 0.6 is 15.9 Å². The molecule has 0 saturated heterocycles. The van der Waals surface area contributed by atoms with Gasteiger partial charge in [0.2, 0.25) is 5.88 Å². The van der Waals surface area contributed by atoms with Gasteiger partial charge in [-0.15, -0.1) is 0 Å². The Morgan fingerprint density at radius 1 is 1.33 bits per heavy atom.